The Labute approximate surface area is 107 Å². The molecule has 1 aromatic rings. The molecule has 18 heavy (non-hydrogen) atoms. The molecule has 0 aliphatic rings. The maximum Gasteiger partial charge on any atom is 0.313 e. The zero-order valence-corrected chi connectivity index (χ0v) is 10.8. The predicted molar refractivity (Wildman–Crippen MR) is 69.3 cm³/mol. The average molecular weight is 249 g/mol. The predicted octanol–water partition coefficient (Wildman–Crippen LogP) is 1.34. The Hall–Kier alpha value is -1.68. The Morgan fingerprint density at radius 1 is 1.28 bits per heavy atom. The number of nitrogens with one attached hydrogen (secondary N) is 1. The van der Waals surface area contributed by atoms with E-state index in [1.54, 1.807) is 0 Å². The number of esters is 1. The summed E-state index contributed by atoms with van der Waals surface area (Å²) in [6.07, 6.45) is 0.631. The third-order valence-electron chi connectivity index (χ3n) is 2.57. The highest BCUT2D eigenvalue weighted by molar-refractivity contribution is 5.94. The molecular formula is C14H19NO3. The van der Waals surface area contributed by atoms with Crippen molar-refractivity contribution in [2.45, 2.75) is 25.8 Å². The van der Waals surface area contributed by atoms with Crippen molar-refractivity contribution >= 4 is 11.8 Å². The van der Waals surface area contributed by atoms with Crippen molar-refractivity contribution < 1.29 is 14.3 Å². The van der Waals surface area contributed by atoms with Crippen LogP contribution in [0.2, 0.25) is 0 Å². The van der Waals surface area contributed by atoms with E-state index in [9.17, 15) is 9.59 Å². The summed E-state index contributed by atoms with van der Waals surface area (Å²) in [5.41, 5.74) is 1.18. The highest BCUT2D eigenvalue weighted by atomic mass is 16.5. The summed E-state index contributed by atoms with van der Waals surface area (Å²) < 4.78 is 5.06. The summed E-state index contributed by atoms with van der Waals surface area (Å²) in [4.78, 5) is 22.0. The molecule has 98 valence electrons. The number of ether oxygens (including phenoxy) is 1. The van der Waals surface area contributed by atoms with Crippen molar-refractivity contribution in [1.29, 1.82) is 0 Å². The second kappa shape index (κ2) is 7.61. The van der Waals surface area contributed by atoms with Crippen molar-refractivity contribution in [1.82, 2.24) is 5.32 Å². The first-order valence-corrected chi connectivity index (χ1v) is 5.98. The van der Waals surface area contributed by atoms with Gasteiger partial charge >= 0.3 is 5.97 Å². The van der Waals surface area contributed by atoms with E-state index < -0.39 is 5.97 Å². The summed E-state index contributed by atoms with van der Waals surface area (Å²) in [6.45, 7) is 1.65. The summed E-state index contributed by atoms with van der Waals surface area (Å²) >= 11 is 0. The van der Waals surface area contributed by atoms with Crippen LogP contribution in [0, 0.1) is 0 Å². The number of rotatable bonds is 7. The molecule has 0 spiro atoms. The minimum absolute atomic E-state index is 0.0586. The number of carbonyl (C=O) groups excluding carboxylic acids is 2. The van der Waals surface area contributed by atoms with Gasteiger partial charge in [-0.2, -0.15) is 0 Å². The minimum Gasteiger partial charge on any atom is -0.464 e. The first kappa shape index (κ1) is 14.4. The second-order valence-electron chi connectivity index (χ2n) is 4.24. The van der Waals surface area contributed by atoms with Crippen LogP contribution in [0.4, 0.5) is 0 Å². The van der Waals surface area contributed by atoms with Gasteiger partial charge in [-0.3, -0.25) is 9.59 Å². The molecule has 1 atom stereocenters. The molecule has 1 rings (SSSR count). The lowest BCUT2D eigenvalue weighted by atomic mass is 10.1. The van der Waals surface area contributed by atoms with Gasteiger partial charge in [-0.15, -0.1) is 0 Å². The molecular weight excluding hydrogens is 230 g/mol. The largest absolute Gasteiger partial charge is 0.464 e. The van der Waals surface area contributed by atoms with Crippen LogP contribution in [-0.4, -0.2) is 31.4 Å². The Kier molecular flexibility index (Phi) is 6.08. The van der Waals surface area contributed by atoms with E-state index in [1.807, 2.05) is 37.4 Å². The smallest absolute Gasteiger partial charge is 0.313 e. The van der Waals surface area contributed by atoms with Crippen LogP contribution in [0.5, 0.6) is 0 Å². The van der Waals surface area contributed by atoms with Gasteiger partial charge in [-0.05, 0) is 26.0 Å². The third-order valence-corrected chi connectivity index (χ3v) is 2.57. The molecule has 0 aromatic heterocycles. The van der Waals surface area contributed by atoms with E-state index in [1.165, 1.54) is 12.5 Å². The number of benzene rings is 1. The highest BCUT2D eigenvalue weighted by Gasteiger charge is 2.12. The Bertz CT molecular complexity index is 389. The molecule has 1 aromatic carbocycles. The van der Waals surface area contributed by atoms with Crippen molar-refractivity contribution in [3.8, 4) is 0 Å². The summed E-state index contributed by atoms with van der Waals surface area (Å²) in [5.74, 6) is -0.639. The van der Waals surface area contributed by atoms with Gasteiger partial charge in [0.25, 0.3) is 0 Å². The molecule has 0 saturated carbocycles. The van der Waals surface area contributed by atoms with Gasteiger partial charge in [0.2, 0.25) is 0 Å². The number of hydrogen-bond donors (Lipinski definition) is 1. The maximum absolute atomic E-state index is 11.3. The molecule has 0 fully saturated rings. The van der Waals surface area contributed by atoms with Gasteiger partial charge in [0.05, 0.1) is 0 Å². The van der Waals surface area contributed by atoms with Gasteiger partial charge in [0.1, 0.15) is 18.8 Å². The number of carbonyl (C=O) groups is 2. The van der Waals surface area contributed by atoms with Crippen LogP contribution in [0.1, 0.15) is 18.9 Å². The van der Waals surface area contributed by atoms with Crippen LogP contribution in [0.25, 0.3) is 0 Å². The lowest BCUT2D eigenvalue weighted by Crippen LogP contribution is -2.33. The number of hydrogen-bond acceptors (Lipinski definition) is 4. The number of Topliss-reactive ketones (excluding diaryl/α,β-unsaturated/α-hetero) is 1. The van der Waals surface area contributed by atoms with Crippen molar-refractivity contribution in [3.63, 3.8) is 0 Å². The Morgan fingerprint density at radius 3 is 2.50 bits per heavy atom. The van der Waals surface area contributed by atoms with Gasteiger partial charge in [-0.1, -0.05) is 30.3 Å². The molecule has 0 saturated heterocycles. The van der Waals surface area contributed by atoms with Crippen molar-refractivity contribution in [2.24, 2.45) is 0 Å². The summed E-state index contributed by atoms with van der Waals surface area (Å²) in [6, 6.07) is 10.0. The van der Waals surface area contributed by atoms with Crippen LogP contribution in [0.3, 0.4) is 0 Å². The summed E-state index contributed by atoms with van der Waals surface area (Å²) in [5, 5.41) is 3.10. The lowest BCUT2D eigenvalue weighted by molar-refractivity contribution is -0.146. The molecule has 0 aliphatic carbocycles. The molecule has 0 amide bonds. The maximum atomic E-state index is 11.3. The van der Waals surface area contributed by atoms with E-state index in [0.717, 1.165) is 6.42 Å². The van der Waals surface area contributed by atoms with Gasteiger partial charge in [0, 0.05) is 6.04 Å². The lowest BCUT2D eigenvalue weighted by Gasteiger charge is -2.16. The normalized spacial score (nSPS) is 11.9. The van der Waals surface area contributed by atoms with Crippen LogP contribution in [-0.2, 0) is 20.7 Å². The van der Waals surface area contributed by atoms with Gasteiger partial charge in [0.15, 0.2) is 0 Å². The summed E-state index contributed by atoms with van der Waals surface area (Å²) in [7, 11) is 1.83. The Morgan fingerprint density at radius 2 is 1.94 bits per heavy atom. The second-order valence-corrected chi connectivity index (χ2v) is 4.24. The molecule has 4 nitrogen and oxygen atoms in total. The van der Waals surface area contributed by atoms with Crippen LogP contribution < -0.4 is 5.32 Å². The van der Waals surface area contributed by atoms with Crippen molar-refractivity contribution in [3.05, 3.63) is 35.9 Å². The first-order chi connectivity index (χ1) is 8.61. The molecule has 0 bridgehead atoms. The molecule has 1 N–H and O–H groups in total. The van der Waals surface area contributed by atoms with E-state index >= 15 is 0 Å². The fraction of sp³-hybridized carbons (Fsp3) is 0.429. The van der Waals surface area contributed by atoms with Gasteiger partial charge in [-0.25, -0.2) is 0 Å². The highest BCUT2D eigenvalue weighted by Crippen LogP contribution is 2.03. The van der Waals surface area contributed by atoms with Crippen molar-refractivity contribution in [2.75, 3.05) is 13.7 Å². The quantitative estimate of drug-likeness (QED) is 0.585. The first-order valence-electron chi connectivity index (χ1n) is 5.98. The van der Waals surface area contributed by atoms with E-state index in [-0.39, 0.29) is 24.9 Å². The number of ketones is 1. The monoisotopic (exact) mass is 249 g/mol. The molecule has 0 heterocycles. The minimum atomic E-state index is -0.462. The van der Waals surface area contributed by atoms with Crippen LogP contribution >= 0.6 is 0 Å². The third kappa shape index (κ3) is 5.59. The topological polar surface area (TPSA) is 55.4 Å². The molecule has 1 unspecified atom stereocenters. The standard InChI is InChI=1S/C14H19NO3/c1-11(16)8-14(17)18-10-13(15-2)9-12-6-4-3-5-7-12/h3-7,13,15H,8-10H2,1-2H3. The van der Waals surface area contributed by atoms with E-state index in [0.29, 0.717) is 0 Å². The van der Waals surface area contributed by atoms with Gasteiger partial charge < -0.3 is 10.1 Å². The SMILES string of the molecule is CNC(COC(=O)CC(C)=O)Cc1ccccc1. The van der Waals surface area contributed by atoms with Crippen LogP contribution in [0.15, 0.2) is 30.3 Å². The van der Waals surface area contributed by atoms with E-state index in [2.05, 4.69) is 5.32 Å². The average Bonchev–Trinajstić information content (AvgIpc) is 2.35. The zero-order valence-electron chi connectivity index (χ0n) is 10.8. The molecule has 0 aliphatic heterocycles. The molecule has 0 radical (unpaired) electrons. The number of likely N-dealkylation sites (N-methyl/N-ethyl adjacent to an activating group) is 1. The molecule has 4 heteroatoms. The Balaban J connectivity index is 2.38. The fourth-order valence-electron chi connectivity index (χ4n) is 1.59. The zero-order chi connectivity index (χ0) is 13.4. The van der Waals surface area contributed by atoms with E-state index in [4.69, 9.17) is 4.74 Å². The fourth-order valence-corrected chi connectivity index (χ4v) is 1.59.